The van der Waals surface area contributed by atoms with Crippen molar-refractivity contribution in [1.29, 1.82) is 0 Å². The Morgan fingerprint density at radius 1 is 1.42 bits per heavy atom. The van der Waals surface area contributed by atoms with Crippen molar-refractivity contribution in [3.8, 4) is 11.5 Å². The molecule has 4 nitrogen and oxygen atoms in total. The zero-order valence-electron chi connectivity index (χ0n) is 10.7. The van der Waals surface area contributed by atoms with E-state index in [-0.39, 0.29) is 5.75 Å². The highest BCUT2D eigenvalue weighted by atomic mass is 79.9. The summed E-state index contributed by atoms with van der Waals surface area (Å²) in [7, 11) is 1.54. The molecule has 19 heavy (non-hydrogen) atoms. The lowest BCUT2D eigenvalue weighted by atomic mass is 10.2. The van der Waals surface area contributed by atoms with Gasteiger partial charge in [0.15, 0.2) is 11.5 Å². The molecule has 0 unspecified atom stereocenters. The third-order valence-corrected chi connectivity index (χ3v) is 4.12. The normalized spacial score (nSPS) is 10.7. The number of phenols is 1. The number of rotatable bonds is 5. The molecular weight excluding hydrogens is 328 g/mol. The number of methoxy groups -OCH3 is 1. The van der Waals surface area contributed by atoms with Crippen LogP contribution in [0.4, 0.5) is 0 Å². The van der Waals surface area contributed by atoms with E-state index in [9.17, 15) is 5.11 Å². The predicted molar refractivity (Wildman–Crippen MR) is 79.8 cm³/mol. The molecule has 0 bridgehead atoms. The monoisotopic (exact) mass is 342 g/mol. The quantitative estimate of drug-likeness (QED) is 0.875. The summed E-state index contributed by atoms with van der Waals surface area (Å²) in [6.45, 7) is 3.48. The fourth-order valence-corrected chi connectivity index (χ4v) is 2.96. The van der Waals surface area contributed by atoms with Crippen molar-refractivity contribution in [2.24, 2.45) is 0 Å². The van der Waals surface area contributed by atoms with Gasteiger partial charge in [-0.1, -0.05) is 0 Å². The van der Waals surface area contributed by atoms with Gasteiger partial charge < -0.3 is 15.2 Å². The Hall–Kier alpha value is -1.11. The van der Waals surface area contributed by atoms with Crippen LogP contribution < -0.4 is 10.1 Å². The number of aromatic hydroxyl groups is 1. The number of ether oxygens (including phenoxy) is 1. The largest absolute Gasteiger partial charge is 0.503 e. The smallest absolute Gasteiger partial charge is 0.172 e. The fourth-order valence-electron chi connectivity index (χ4n) is 1.70. The topological polar surface area (TPSA) is 54.4 Å². The summed E-state index contributed by atoms with van der Waals surface area (Å²) >= 11 is 5.00. The standard InChI is InChI=1S/C13H15BrN2O2S/c1-8-16-7-10(19-8)6-15-5-9-3-11(14)13(17)12(4-9)18-2/h3-4,7,15,17H,5-6H2,1-2H3. The van der Waals surface area contributed by atoms with Crippen molar-refractivity contribution in [1.82, 2.24) is 10.3 Å². The van der Waals surface area contributed by atoms with Crippen molar-refractivity contribution in [2.45, 2.75) is 20.0 Å². The second-order valence-electron chi connectivity index (χ2n) is 4.08. The molecule has 0 amide bonds. The molecule has 6 heteroatoms. The average Bonchev–Trinajstić information content (AvgIpc) is 2.79. The number of aryl methyl sites for hydroxylation is 1. The first-order chi connectivity index (χ1) is 9.10. The highest BCUT2D eigenvalue weighted by Gasteiger charge is 2.08. The molecule has 2 N–H and O–H groups in total. The van der Waals surface area contributed by atoms with Gasteiger partial charge in [-0.3, -0.25) is 0 Å². The second kappa shape index (κ2) is 6.36. The van der Waals surface area contributed by atoms with Crippen molar-refractivity contribution >= 4 is 27.3 Å². The van der Waals surface area contributed by atoms with Gasteiger partial charge >= 0.3 is 0 Å². The molecule has 0 atom stereocenters. The van der Waals surface area contributed by atoms with E-state index in [2.05, 4.69) is 26.2 Å². The van der Waals surface area contributed by atoms with Gasteiger partial charge in [0.1, 0.15) is 0 Å². The number of phenolic OH excluding ortho intramolecular Hbond substituents is 1. The number of nitrogens with one attached hydrogen (secondary N) is 1. The number of benzene rings is 1. The minimum absolute atomic E-state index is 0.129. The third kappa shape index (κ3) is 3.68. The Labute approximate surface area is 124 Å². The lowest BCUT2D eigenvalue weighted by Crippen LogP contribution is -2.11. The first-order valence-electron chi connectivity index (χ1n) is 5.77. The van der Waals surface area contributed by atoms with Gasteiger partial charge in [-0.15, -0.1) is 11.3 Å². The summed E-state index contributed by atoms with van der Waals surface area (Å²) in [4.78, 5) is 5.42. The van der Waals surface area contributed by atoms with E-state index in [0.29, 0.717) is 16.8 Å². The summed E-state index contributed by atoms with van der Waals surface area (Å²) in [6.07, 6.45) is 1.89. The Morgan fingerprint density at radius 3 is 2.84 bits per heavy atom. The molecule has 0 radical (unpaired) electrons. The average molecular weight is 343 g/mol. The SMILES string of the molecule is COc1cc(CNCc2cnc(C)s2)cc(Br)c1O. The molecule has 0 saturated heterocycles. The van der Waals surface area contributed by atoms with Crippen LogP contribution in [0.2, 0.25) is 0 Å². The molecule has 1 aromatic heterocycles. The number of thiazole rings is 1. The van der Waals surface area contributed by atoms with Crippen LogP contribution in [0.5, 0.6) is 11.5 Å². The number of hydrogen-bond donors (Lipinski definition) is 2. The summed E-state index contributed by atoms with van der Waals surface area (Å²) < 4.78 is 5.76. The fraction of sp³-hybridized carbons (Fsp3) is 0.308. The molecule has 2 rings (SSSR count). The van der Waals surface area contributed by atoms with Crippen molar-refractivity contribution in [3.05, 3.63) is 38.3 Å². The van der Waals surface area contributed by atoms with E-state index in [1.54, 1.807) is 18.4 Å². The predicted octanol–water partition coefficient (Wildman–Crippen LogP) is 3.22. The maximum atomic E-state index is 9.73. The van der Waals surface area contributed by atoms with Gasteiger partial charge in [-0.25, -0.2) is 4.98 Å². The molecule has 0 aliphatic carbocycles. The van der Waals surface area contributed by atoms with Gasteiger partial charge in [-0.05, 0) is 40.5 Å². The summed E-state index contributed by atoms with van der Waals surface area (Å²) in [5, 5.41) is 14.1. The lowest BCUT2D eigenvalue weighted by molar-refractivity contribution is 0.371. The second-order valence-corrected chi connectivity index (χ2v) is 6.25. The zero-order chi connectivity index (χ0) is 13.8. The van der Waals surface area contributed by atoms with Crippen molar-refractivity contribution in [2.75, 3.05) is 7.11 Å². The number of hydrogen-bond acceptors (Lipinski definition) is 5. The molecule has 0 fully saturated rings. The van der Waals surface area contributed by atoms with Crippen LogP contribution in [0.25, 0.3) is 0 Å². The van der Waals surface area contributed by atoms with Crippen LogP contribution in [0.1, 0.15) is 15.4 Å². The minimum atomic E-state index is 0.129. The summed E-state index contributed by atoms with van der Waals surface area (Å²) in [5.41, 5.74) is 1.04. The molecule has 1 heterocycles. The van der Waals surface area contributed by atoms with Gasteiger partial charge in [0.2, 0.25) is 0 Å². The van der Waals surface area contributed by atoms with Crippen molar-refractivity contribution < 1.29 is 9.84 Å². The molecular formula is C13H15BrN2O2S. The van der Waals surface area contributed by atoms with E-state index < -0.39 is 0 Å². The molecule has 2 aromatic rings. The van der Waals surface area contributed by atoms with E-state index >= 15 is 0 Å². The summed E-state index contributed by atoms with van der Waals surface area (Å²) in [6, 6.07) is 3.70. The van der Waals surface area contributed by atoms with E-state index in [4.69, 9.17) is 4.74 Å². The Balaban J connectivity index is 1.98. The molecule has 102 valence electrons. The summed E-state index contributed by atoms with van der Waals surface area (Å²) in [5.74, 6) is 0.601. The van der Waals surface area contributed by atoms with Crippen LogP contribution in [0.3, 0.4) is 0 Å². The molecule has 1 aromatic carbocycles. The van der Waals surface area contributed by atoms with Crippen molar-refractivity contribution in [3.63, 3.8) is 0 Å². The molecule has 0 aliphatic heterocycles. The Morgan fingerprint density at radius 2 is 2.21 bits per heavy atom. The lowest BCUT2D eigenvalue weighted by Gasteiger charge is -2.09. The highest BCUT2D eigenvalue weighted by Crippen LogP contribution is 2.35. The van der Waals surface area contributed by atoms with E-state index in [1.807, 2.05) is 25.3 Å². The number of halogens is 1. The maximum absolute atomic E-state index is 9.73. The van der Waals surface area contributed by atoms with Crippen LogP contribution in [0.15, 0.2) is 22.8 Å². The molecule has 0 aliphatic rings. The molecule has 0 saturated carbocycles. The van der Waals surface area contributed by atoms with Gasteiger partial charge in [0, 0.05) is 24.2 Å². The third-order valence-electron chi connectivity index (χ3n) is 2.61. The van der Waals surface area contributed by atoms with Crippen LogP contribution in [-0.2, 0) is 13.1 Å². The van der Waals surface area contributed by atoms with E-state index in [1.165, 1.54) is 4.88 Å². The maximum Gasteiger partial charge on any atom is 0.172 e. The van der Waals surface area contributed by atoms with Gasteiger partial charge in [0.25, 0.3) is 0 Å². The minimum Gasteiger partial charge on any atom is -0.503 e. The Kier molecular flexibility index (Phi) is 4.79. The number of nitrogens with zero attached hydrogens (tertiary/aromatic N) is 1. The van der Waals surface area contributed by atoms with Crippen LogP contribution in [-0.4, -0.2) is 17.2 Å². The Bertz CT molecular complexity index is 572. The van der Waals surface area contributed by atoms with E-state index in [0.717, 1.165) is 17.1 Å². The highest BCUT2D eigenvalue weighted by molar-refractivity contribution is 9.10. The van der Waals surface area contributed by atoms with Gasteiger partial charge in [-0.2, -0.15) is 0 Å². The molecule has 0 spiro atoms. The van der Waals surface area contributed by atoms with Crippen LogP contribution in [0, 0.1) is 6.92 Å². The zero-order valence-corrected chi connectivity index (χ0v) is 13.1. The van der Waals surface area contributed by atoms with Gasteiger partial charge in [0.05, 0.1) is 16.6 Å². The first-order valence-corrected chi connectivity index (χ1v) is 7.38. The first kappa shape index (κ1) is 14.3. The number of aromatic nitrogens is 1. The van der Waals surface area contributed by atoms with Crippen LogP contribution >= 0.6 is 27.3 Å².